The Kier molecular flexibility index (Phi) is 6.39. The Labute approximate surface area is 121 Å². The van der Waals surface area contributed by atoms with E-state index in [0.29, 0.717) is 0 Å². The standard InChI is InChI=1S/C15H17F3O3/c1-11(9-13(19)7-8-15(16,17)18)14(20)21-10-12-5-3-2-4-6-12/h2-6,11H,7-10H2,1H3/t11-/m1/s1. The number of halogens is 3. The van der Waals surface area contributed by atoms with Crippen molar-refractivity contribution in [2.24, 2.45) is 5.92 Å². The van der Waals surface area contributed by atoms with Crippen LogP contribution in [0.15, 0.2) is 30.3 Å². The summed E-state index contributed by atoms with van der Waals surface area (Å²) in [5.74, 6) is -1.91. The van der Waals surface area contributed by atoms with Gasteiger partial charge in [-0.05, 0) is 5.56 Å². The zero-order valence-electron chi connectivity index (χ0n) is 11.7. The van der Waals surface area contributed by atoms with Crippen molar-refractivity contribution >= 4 is 11.8 Å². The van der Waals surface area contributed by atoms with Gasteiger partial charge in [0.05, 0.1) is 12.3 Å². The van der Waals surface area contributed by atoms with Crippen molar-refractivity contribution in [3.05, 3.63) is 35.9 Å². The predicted octanol–water partition coefficient (Wildman–Crippen LogP) is 3.67. The van der Waals surface area contributed by atoms with Gasteiger partial charge in [-0.25, -0.2) is 0 Å². The molecular weight excluding hydrogens is 285 g/mol. The molecule has 0 aliphatic carbocycles. The van der Waals surface area contributed by atoms with Crippen molar-refractivity contribution in [3.8, 4) is 0 Å². The van der Waals surface area contributed by atoms with Crippen LogP contribution in [0.2, 0.25) is 0 Å². The largest absolute Gasteiger partial charge is 0.461 e. The Hall–Kier alpha value is -1.85. The molecule has 0 aromatic heterocycles. The number of rotatable bonds is 7. The van der Waals surface area contributed by atoms with Crippen molar-refractivity contribution in [1.29, 1.82) is 0 Å². The Morgan fingerprint density at radius 2 is 1.81 bits per heavy atom. The average molecular weight is 302 g/mol. The van der Waals surface area contributed by atoms with Gasteiger partial charge in [0.1, 0.15) is 12.4 Å². The molecule has 0 unspecified atom stereocenters. The van der Waals surface area contributed by atoms with E-state index in [2.05, 4.69) is 0 Å². The third-order valence-corrected chi connectivity index (χ3v) is 2.85. The first-order chi connectivity index (χ1) is 9.78. The highest BCUT2D eigenvalue weighted by atomic mass is 19.4. The predicted molar refractivity (Wildman–Crippen MR) is 70.3 cm³/mol. The maximum absolute atomic E-state index is 12.0. The molecule has 0 fully saturated rings. The molecule has 21 heavy (non-hydrogen) atoms. The number of hydrogen-bond acceptors (Lipinski definition) is 3. The molecule has 0 saturated heterocycles. The molecule has 1 aromatic rings. The van der Waals surface area contributed by atoms with Gasteiger partial charge < -0.3 is 4.74 Å². The van der Waals surface area contributed by atoms with Crippen molar-refractivity contribution in [3.63, 3.8) is 0 Å². The molecule has 1 aromatic carbocycles. The number of alkyl halides is 3. The second-order valence-electron chi connectivity index (χ2n) is 4.85. The molecule has 1 atom stereocenters. The van der Waals surface area contributed by atoms with Crippen LogP contribution in [-0.2, 0) is 20.9 Å². The monoisotopic (exact) mass is 302 g/mol. The van der Waals surface area contributed by atoms with Crippen molar-refractivity contribution in [1.82, 2.24) is 0 Å². The summed E-state index contributed by atoms with van der Waals surface area (Å²) in [4.78, 5) is 23.0. The van der Waals surface area contributed by atoms with E-state index < -0.39 is 36.7 Å². The summed E-state index contributed by atoms with van der Waals surface area (Å²) in [6.45, 7) is 1.56. The summed E-state index contributed by atoms with van der Waals surface area (Å²) >= 11 is 0. The van der Waals surface area contributed by atoms with E-state index in [-0.39, 0.29) is 13.0 Å². The molecule has 0 spiro atoms. The van der Waals surface area contributed by atoms with Crippen LogP contribution in [0.5, 0.6) is 0 Å². The first kappa shape index (κ1) is 17.2. The molecule has 0 bridgehead atoms. The summed E-state index contributed by atoms with van der Waals surface area (Å²) < 4.78 is 41.0. The molecule has 0 radical (unpaired) electrons. The van der Waals surface area contributed by atoms with E-state index in [0.717, 1.165) is 5.56 Å². The highest BCUT2D eigenvalue weighted by molar-refractivity contribution is 5.84. The molecule has 1 rings (SSSR count). The van der Waals surface area contributed by atoms with E-state index >= 15 is 0 Å². The van der Waals surface area contributed by atoms with Crippen molar-refractivity contribution < 1.29 is 27.5 Å². The van der Waals surface area contributed by atoms with Crippen LogP contribution in [-0.4, -0.2) is 17.9 Å². The van der Waals surface area contributed by atoms with Crippen LogP contribution in [0, 0.1) is 5.92 Å². The quantitative estimate of drug-likeness (QED) is 0.722. The second-order valence-corrected chi connectivity index (χ2v) is 4.85. The molecule has 0 heterocycles. The van der Waals surface area contributed by atoms with Gasteiger partial charge in [-0.1, -0.05) is 37.3 Å². The molecule has 3 nitrogen and oxygen atoms in total. The van der Waals surface area contributed by atoms with Gasteiger partial charge in [0, 0.05) is 12.8 Å². The van der Waals surface area contributed by atoms with Gasteiger partial charge in [0.2, 0.25) is 0 Å². The topological polar surface area (TPSA) is 43.4 Å². The number of benzene rings is 1. The number of esters is 1. The lowest BCUT2D eigenvalue weighted by molar-refractivity contribution is -0.151. The Morgan fingerprint density at radius 1 is 1.19 bits per heavy atom. The molecular formula is C15H17F3O3. The number of carbonyl (C=O) groups excluding carboxylic acids is 2. The van der Waals surface area contributed by atoms with Crippen LogP contribution >= 0.6 is 0 Å². The highest BCUT2D eigenvalue weighted by Crippen LogP contribution is 2.22. The van der Waals surface area contributed by atoms with Crippen molar-refractivity contribution in [2.75, 3.05) is 0 Å². The van der Waals surface area contributed by atoms with Crippen LogP contribution in [0.3, 0.4) is 0 Å². The van der Waals surface area contributed by atoms with Gasteiger partial charge in [0.15, 0.2) is 0 Å². The number of carbonyl (C=O) groups is 2. The summed E-state index contributed by atoms with van der Waals surface area (Å²) in [6, 6.07) is 8.99. The zero-order valence-corrected chi connectivity index (χ0v) is 11.7. The van der Waals surface area contributed by atoms with Crippen LogP contribution in [0.4, 0.5) is 13.2 Å². The third kappa shape index (κ3) is 7.48. The fraction of sp³-hybridized carbons (Fsp3) is 0.467. The lowest BCUT2D eigenvalue weighted by Crippen LogP contribution is -2.19. The minimum Gasteiger partial charge on any atom is -0.461 e. The summed E-state index contributed by atoms with van der Waals surface area (Å²) in [5.41, 5.74) is 0.807. The lowest BCUT2D eigenvalue weighted by atomic mass is 10.0. The minimum absolute atomic E-state index is 0.0841. The Morgan fingerprint density at radius 3 is 2.38 bits per heavy atom. The Bertz CT molecular complexity index is 469. The molecule has 6 heteroatoms. The highest BCUT2D eigenvalue weighted by Gasteiger charge is 2.28. The first-order valence-electron chi connectivity index (χ1n) is 6.57. The second kappa shape index (κ2) is 7.81. The number of ketones is 1. The number of Topliss-reactive ketones (excluding diaryl/α,β-unsaturated/α-hetero) is 1. The zero-order chi connectivity index (χ0) is 15.9. The minimum atomic E-state index is -4.35. The SMILES string of the molecule is C[C@H](CC(=O)CCC(F)(F)F)C(=O)OCc1ccccc1. The molecule has 0 aliphatic rings. The van der Waals surface area contributed by atoms with E-state index in [1.54, 1.807) is 24.3 Å². The lowest BCUT2D eigenvalue weighted by Gasteiger charge is -2.11. The van der Waals surface area contributed by atoms with E-state index in [4.69, 9.17) is 4.74 Å². The van der Waals surface area contributed by atoms with E-state index in [1.807, 2.05) is 6.07 Å². The summed E-state index contributed by atoms with van der Waals surface area (Å²) in [6.07, 6.45) is -6.34. The number of hydrogen-bond donors (Lipinski definition) is 0. The van der Waals surface area contributed by atoms with E-state index in [1.165, 1.54) is 6.92 Å². The summed E-state index contributed by atoms with van der Waals surface area (Å²) in [5, 5.41) is 0. The molecule has 0 saturated carbocycles. The maximum atomic E-state index is 12.0. The number of ether oxygens (including phenoxy) is 1. The van der Waals surface area contributed by atoms with Gasteiger partial charge in [-0.3, -0.25) is 9.59 Å². The van der Waals surface area contributed by atoms with Gasteiger partial charge in [-0.15, -0.1) is 0 Å². The van der Waals surface area contributed by atoms with Gasteiger partial charge in [-0.2, -0.15) is 13.2 Å². The van der Waals surface area contributed by atoms with Gasteiger partial charge >= 0.3 is 12.1 Å². The fourth-order valence-corrected chi connectivity index (χ4v) is 1.68. The maximum Gasteiger partial charge on any atom is 0.389 e. The smallest absolute Gasteiger partial charge is 0.389 e. The van der Waals surface area contributed by atoms with Crippen molar-refractivity contribution in [2.45, 2.75) is 39.0 Å². The Balaban J connectivity index is 2.32. The fourth-order valence-electron chi connectivity index (χ4n) is 1.68. The normalized spacial score (nSPS) is 12.8. The van der Waals surface area contributed by atoms with Crippen LogP contribution < -0.4 is 0 Å². The third-order valence-electron chi connectivity index (χ3n) is 2.85. The molecule has 0 amide bonds. The van der Waals surface area contributed by atoms with Crippen LogP contribution in [0.25, 0.3) is 0 Å². The first-order valence-corrected chi connectivity index (χ1v) is 6.57. The molecule has 0 aliphatic heterocycles. The summed E-state index contributed by atoms with van der Waals surface area (Å²) in [7, 11) is 0. The van der Waals surface area contributed by atoms with E-state index in [9.17, 15) is 22.8 Å². The van der Waals surface area contributed by atoms with Gasteiger partial charge in [0.25, 0.3) is 0 Å². The molecule has 116 valence electrons. The molecule has 0 N–H and O–H groups in total. The average Bonchev–Trinajstić information content (AvgIpc) is 2.43. The van der Waals surface area contributed by atoms with Crippen LogP contribution in [0.1, 0.15) is 31.7 Å².